The second kappa shape index (κ2) is 8.63. The molecule has 0 fully saturated rings. The standard InChI is InChI=1S/C24H21N9O/c1-3-32-18(9-11-28-32)21-22(16-7-4-6-15(12-16)14-25)30-24(26)33-23(21)29-20(31-33)13-17-19(34-2)8-5-10-27-17/h4-12H,3,13H2,1-2H3,(H2,26,30). The average Bonchev–Trinajstić information content (AvgIpc) is 3.51. The maximum absolute atomic E-state index is 9.41. The molecule has 0 saturated heterocycles. The highest BCUT2D eigenvalue weighted by Crippen LogP contribution is 2.35. The predicted octanol–water partition coefficient (Wildman–Crippen LogP) is 3.12. The van der Waals surface area contributed by atoms with Crippen molar-refractivity contribution in [2.24, 2.45) is 0 Å². The Bertz CT molecular complexity index is 1540. The summed E-state index contributed by atoms with van der Waals surface area (Å²) in [5.41, 5.74) is 11.0. The number of rotatable bonds is 6. The zero-order chi connectivity index (χ0) is 23.7. The first kappa shape index (κ1) is 21.1. The topological polar surface area (TPSA) is 133 Å². The molecule has 10 nitrogen and oxygen atoms in total. The monoisotopic (exact) mass is 451 g/mol. The van der Waals surface area contributed by atoms with Crippen molar-refractivity contribution in [3.8, 4) is 34.3 Å². The van der Waals surface area contributed by atoms with Crippen LogP contribution in [0.1, 0.15) is 24.0 Å². The van der Waals surface area contributed by atoms with E-state index in [1.165, 1.54) is 4.52 Å². The van der Waals surface area contributed by atoms with Crippen molar-refractivity contribution < 1.29 is 4.74 Å². The van der Waals surface area contributed by atoms with E-state index in [-0.39, 0.29) is 5.95 Å². The molecule has 4 aromatic heterocycles. The Morgan fingerprint density at radius 3 is 2.79 bits per heavy atom. The van der Waals surface area contributed by atoms with E-state index in [2.05, 4.69) is 26.2 Å². The van der Waals surface area contributed by atoms with Gasteiger partial charge >= 0.3 is 0 Å². The summed E-state index contributed by atoms with van der Waals surface area (Å²) in [4.78, 5) is 13.9. The summed E-state index contributed by atoms with van der Waals surface area (Å²) < 4.78 is 8.82. The minimum Gasteiger partial charge on any atom is -0.495 e. The van der Waals surface area contributed by atoms with Gasteiger partial charge in [0.1, 0.15) is 5.75 Å². The van der Waals surface area contributed by atoms with E-state index >= 15 is 0 Å². The highest BCUT2D eigenvalue weighted by Gasteiger charge is 2.23. The minimum atomic E-state index is 0.186. The van der Waals surface area contributed by atoms with E-state index in [1.54, 1.807) is 31.6 Å². The molecule has 1 aromatic carbocycles. The number of methoxy groups -OCH3 is 1. The molecule has 0 bridgehead atoms. The Hall–Kier alpha value is -4.78. The van der Waals surface area contributed by atoms with Crippen LogP contribution in [0.5, 0.6) is 5.75 Å². The number of nitrogen functional groups attached to an aromatic ring is 1. The zero-order valence-electron chi connectivity index (χ0n) is 18.7. The molecule has 0 spiro atoms. The lowest BCUT2D eigenvalue weighted by Crippen LogP contribution is -2.08. The van der Waals surface area contributed by atoms with E-state index in [4.69, 9.17) is 15.5 Å². The van der Waals surface area contributed by atoms with Crippen molar-refractivity contribution in [3.05, 3.63) is 71.9 Å². The van der Waals surface area contributed by atoms with Gasteiger partial charge in [-0.1, -0.05) is 12.1 Å². The summed E-state index contributed by atoms with van der Waals surface area (Å²) >= 11 is 0. The van der Waals surface area contributed by atoms with Gasteiger partial charge in [-0.25, -0.2) is 9.97 Å². The van der Waals surface area contributed by atoms with E-state index in [0.717, 1.165) is 22.5 Å². The van der Waals surface area contributed by atoms with Crippen LogP contribution in [0, 0.1) is 11.3 Å². The van der Waals surface area contributed by atoms with Gasteiger partial charge in [0, 0.05) is 24.5 Å². The second-order valence-corrected chi connectivity index (χ2v) is 7.51. The van der Waals surface area contributed by atoms with Crippen LogP contribution < -0.4 is 10.5 Å². The van der Waals surface area contributed by atoms with Crippen LogP contribution in [-0.4, -0.2) is 41.5 Å². The maximum Gasteiger partial charge on any atom is 0.223 e. The van der Waals surface area contributed by atoms with Crippen LogP contribution in [0.2, 0.25) is 0 Å². The molecular weight excluding hydrogens is 430 g/mol. The van der Waals surface area contributed by atoms with Crippen LogP contribution in [0.3, 0.4) is 0 Å². The number of pyridine rings is 1. The summed E-state index contributed by atoms with van der Waals surface area (Å²) in [6.45, 7) is 2.67. The Labute approximate surface area is 195 Å². The highest BCUT2D eigenvalue weighted by molar-refractivity contribution is 5.89. The van der Waals surface area contributed by atoms with Gasteiger partial charge in [-0.3, -0.25) is 9.67 Å². The van der Waals surface area contributed by atoms with Gasteiger partial charge < -0.3 is 10.5 Å². The first-order chi connectivity index (χ1) is 16.6. The van der Waals surface area contributed by atoms with E-state index in [9.17, 15) is 5.26 Å². The number of hydrogen-bond donors (Lipinski definition) is 1. The van der Waals surface area contributed by atoms with Gasteiger partial charge in [-0.2, -0.15) is 14.9 Å². The number of aromatic nitrogens is 7. The van der Waals surface area contributed by atoms with Crippen molar-refractivity contribution in [2.75, 3.05) is 12.8 Å². The molecule has 5 rings (SSSR count). The summed E-state index contributed by atoms with van der Waals surface area (Å²) in [5, 5.41) is 18.5. The Morgan fingerprint density at radius 1 is 1.12 bits per heavy atom. The van der Waals surface area contributed by atoms with Gasteiger partial charge in [-0.15, -0.1) is 5.10 Å². The molecule has 2 N–H and O–H groups in total. The molecule has 0 saturated carbocycles. The summed E-state index contributed by atoms with van der Waals surface area (Å²) in [6.07, 6.45) is 3.79. The Kier molecular flexibility index (Phi) is 5.35. The smallest absolute Gasteiger partial charge is 0.223 e. The lowest BCUT2D eigenvalue weighted by molar-refractivity contribution is 0.407. The van der Waals surface area contributed by atoms with Crippen LogP contribution in [-0.2, 0) is 13.0 Å². The number of nitrogens with two attached hydrogens (primary N) is 1. The molecule has 0 amide bonds. The fourth-order valence-corrected chi connectivity index (χ4v) is 3.94. The van der Waals surface area contributed by atoms with Crippen molar-refractivity contribution in [1.82, 2.24) is 34.3 Å². The molecule has 5 aromatic rings. The largest absolute Gasteiger partial charge is 0.495 e. The Morgan fingerprint density at radius 2 is 2.00 bits per heavy atom. The fourth-order valence-electron chi connectivity index (χ4n) is 3.94. The number of anilines is 1. The molecule has 4 heterocycles. The summed E-state index contributed by atoms with van der Waals surface area (Å²) in [7, 11) is 1.60. The minimum absolute atomic E-state index is 0.186. The quantitative estimate of drug-likeness (QED) is 0.416. The first-order valence-corrected chi connectivity index (χ1v) is 10.7. The van der Waals surface area contributed by atoms with Crippen molar-refractivity contribution in [3.63, 3.8) is 0 Å². The highest BCUT2D eigenvalue weighted by atomic mass is 16.5. The van der Waals surface area contributed by atoms with E-state index in [0.29, 0.717) is 41.4 Å². The number of hydrogen-bond acceptors (Lipinski definition) is 8. The molecule has 10 heteroatoms. The third-order valence-electron chi connectivity index (χ3n) is 5.49. The zero-order valence-corrected chi connectivity index (χ0v) is 18.7. The van der Waals surface area contributed by atoms with E-state index < -0.39 is 0 Å². The number of ether oxygens (including phenoxy) is 1. The van der Waals surface area contributed by atoms with Gasteiger partial charge in [0.05, 0.1) is 47.8 Å². The number of nitrogens with zero attached hydrogens (tertiary/aromatic N) is 8. The first-order valence-electron chi connectivity index (χ1n) is 10.7. The third-order valence-corrected chi connectivity index (χ3v) is 5.49. The van der Waals surface area contributed by atoms with Crippen LogP contribution >= 0.6 is 0 Å². The van der Waals surface area contributed by atoms with Crippen molar-refractivity contribution in [1.29, 1.82) is 5.26 Å². The van der Waals surface area contributed by atoms with Gasteiger partial charge in [-0.05, 0) is 37.3 Å². The SMILES string of the molecule is CCn1nccc1-c1c(-c2cccc(C#N)c2)nc(N)n2nc(Cc3ncccc3OC)nc12. The van der Waals surface area contributed by atoms with Crippen molar-refractivity contribution in [2.45, 2.75) is 19.9 Å². The molecule has 0 aliphatic carbocycles. The lowest BCUT2D eigenvalue weighted by Gasteiger charge is -2.13. The number of aryl methyl sites for hydroxylation is 1. The fraction of sp³-hybridized carbons (Fsp3) is 0.167. The van der Waals surface area contributed by atoms with Crippen LogP contribution in [0.4, 0.5) is 5.95 Å². The number of nitriles is 1. The molecule has 0 radical (unpaired) electrons. The van der Waals surface area contributed by atoms with Crippen molar-refractivity contribution >= 4 is 11.6 Å². The molecule has 0 aliphatic rings. The Balaban J connectivity index is 1.76. The molecule has 0 unspecified atom stereocenters. The molecule has 168 valence electrons. The molecule has 0 aliphatic heterocycles. The summed E-state index contributed by atoms with van der Waals surface area (Å²) in [5.74, 6) is 1.37. The van der Waals surface area contributed by atoms with Gasteiger partial charge in [0.2, 0.25) is 5.95 Å². The predicted molar refractivity (Wildman–Crippen MR) is 126 cm³/mol. The third kappa shape index (κ3) is 3.59. The number of fused-ring (bicyclic) bond motifs is 1. The maximum atomic E-state index is 9.41. The van der Waals surface area contributed by atoms with E-state index in [1.807, 2.05) is 41.9 Å². The normalized spacial score (nSPS) is 11.0. The number of benzene rings is 1. The second-order valence-electron chi connectivity index (χ2n) is 7.51. The summed E-state index contributed by atoms with van der Waals surface area (Å²) in [6, 6.07) is 15.0. The lowest BCUT2D eigenvalue weighted by atomic mass is 10.0. The van der Waals surface area contributed by atoms with Crippen LogP contribution in [0.25, 0.3) is 28.2 Å². The molecule has 34 heavy (non-hydrogen) atoms. The average molecular weight is 451 g/mol. The van der Waals surface area contributed by atoms with Gasteiger partial charge in [0.15, 0.2) is 11.5 Å². The molecule has 0 atom stereocenters. The van der Waals surface area contributed by atoms with Crippen LogP contribution in [0.15, 0.2) is 54.9 Å². The molecular formula is C24H21N9O. The van der Waals surface area contributed by atoms with Gasteiger partial charge in [0.25, 0.3) is 0 Å².